The summed E-state index contributed by atoms with van der Waals surface area (Å²) in [6.45, 7) is 7.42. The molecule has 1 saturated heterocycles. The van der Waals surface area contributed by atoms with Crippen LogP contribution in [0.4, 0.5) is 0 Å². The highest BCUT2D eigenvalue weighted by Gasteiger charge is 2.22. The van der Waals surface area contributed by atoms with Gasteiger partial charge >= 0.3 is 0 Å². The Morgan fingerprint density at radius 1 is 1.12 bits per heavy atom. The minimum atomic E-state index is -0.101. The molecule has 1 aromatic rings. The third-order valence-corrected chi connectivity index (χ3v) is 4.77. The van der Waals surface area contributed by atoms with Crippen molar-refractivity contribution in [2.75, 3.05) is 13.2 Å². The minimum Gasteiger partial charge on any atom is -0.496 e. The first-order valence-electron chi connectivity index (χ1n) is 10.1. The zero-order valence-electron chi connectivity index (χ0n) is 16.1. The predicted octanol–water partition coefficient (Wildman–Crippen LogP) is 5.24. The molecule has 144 valence electrons. The van der Waals surface area contributed by atoms with Crippen LogP contribution in [0.1, 0.15) is 75.1 Å². The van der Waals surface area contributed by atoms with E-state index in [1.165, 1.54) is 44.9 Å². The third kappa shape index (κ3) is 7.11. The van der Waals surface area contributed by atoms with Gasteiger partial charge in [0.2, 0.25) is 0 Å². The van der Waals surface area contributed by atoms with Crippen LogP contribution in [0.3, 0.4) is 0 Å². The Kier molecular flexibility index (Phi) is 9.08. The molecular formula is C22H33NO3. The lowest BCUT2D eigenvalue weighted by Crippen LogP contribution is -2.33. The fourth-order valence-electron chi connectivity index (χ4n) is 3.09. The van der Waals surface area contributed by atoms with Crippen molar-refractivity contribution < 1.29 is 14.3 Å². The van der Waals surface area contributed by atoms with E-state index in [1.807, 2.05) is 12.1 Å². The molecule has 1 aliphatic heterocycles. The quantitative estimate of drug-likeness (QED) is 0.519. The van der Waals surface area contributed by atoms with Gasteiger partial charge in [-0.3, -0.25) is 4.79 Å². The summed E-state index contributed by atoms with van der Waals surface area (Å²) in [4.78, 5) is 12.2. The molecule has 4 heteroatoms. The molecule has 1 amide bonds. The second kappa shape index (κ2) is 11.6. The SMILES string of the molecule is C=C1OCC[C@H]1NC(=O)c1ccc(OCCCCCCCCCC)cc1. The van der Waals surface area contributed by atoms with Crippen molar-refractivity contribution in [3.8, 4) is 5.75 Å². The second-order valence-corrected chi connectivity index (χ2v) is 6.98. The molecule has 2 rings (SSSR count). The summed E-state index contributed by atoms with van der Waals surface area (Å²) in [6, 6.07) is 7.24. The number of carbonyl (C=O) groups excluding carboxylic acids is 1. The molecule has 1 N–H and O–H groups in total. The van der Waals surface area contributed by atoms with E-state index in [0.717, 1.165) is 25.2 Å². The maximum atomic E-state index is 12.2. The van der Waals surface area contributed by atoms with E-state index >= 15 is 0 Å². The molecule has 0 aliphatic carbocycles. The molecule has 0 radical (unpaired) electrons. The van der Waals surface area contributed by atoms with Crippen LogP contribution in [0.15, 0.2) is 36.6 Å². The Bertz CT molecular complexity index is 553. The number of hydrogen-bond acceptors (Lipinski definition) is 3. The van der Waals surface area contributed by atoms with E-state index in [2.05, 4.69) is 18.8 Å². The highest BCUT2D eigenvalue weighted by Crippen LogP contribution is 2.17. The number of ether oxygens (including phenoxy) is 2. The number of nitrogens with one attached hydrogen (secondary N) is 1. The van der Waals surface area contributed by atoms with Crippen molar-refractivity contribution in [1.29, 1.82) is 0 Å². The van der Waals surface area contributed by atoms with Crippen molar-refractivity contribution in [1.82, 2.24) is 5.32 Å². The molecule has 0 bridgehead atoms. The number of unbranched alkanes of at least 4 members (excludes halogenated alkanes) is 7. The molecule has 0 unspecified atom stereocenters. The van der Waals surface area contributed by atoms with Crippen molar-refractivity contribution in [3.05, 3.63) is 42.2 Å². The number of amides is 1. The van der Waals surface area contributed by atoms with Crippen LogP contribution in [0.5, 0.6) is 5.75 Å². The van der Waals surface area contributed by atoms with Crippen molar-refractivity contribution in [2.45, 2.75) is 70.8 Å². The maximum Gasteiger partial charge on any atom is 0.251 e. The van der Waals surface area contributed by atoms with Gasteiger partial charge in [-0.05, 0) is 30.7 Å². The van der Waals surface area contributed by atoms with Gasteiger partial charge in [-0.15, -0.1) is 0 Å². The van der Waals surface area contributed by atoms with Gasteiger partial charge in [0.05, 0.1) is 19.3 Å². The Labute approximate surface area is 158 Å². The lowest BCUT2D eigenvalue weighted by molar-refractivity contribution is 0.0941. The van der Waals surface area contributed by atoms with E-state index in [9.17, 15) is 4.79 Å². The molecule has 4 nitrogen and oxygen atoms in total. The summed E-state index contributed by atoms with van der Waals surface area (Å²) in [5.41, 5.74) is 0.629. The van der Waals surface area contributed by atoms with Gasteiger partial charge < -0.3 is 14.8 Å². The van der Waals surface area contributed by atoms with Crippen molar-refractivity contribution in [2.24, 2.45) is 0 Å². The molecule has 0 spiro atoms. The standard InChI is InChI=1S/C22H33NO3/c1-3-4-5-6-7-8-9-10-16-26-20-13-11-19(12-14-20)22(24)23-21-15-17-25-18(21)2/h11-14,21H,2-10,15-17H2,1H3,(H,23,24)/t21-/m1/s1. The van der Waals surface area contributed by atoms with Crippen LogP contribution in [-0.2, 0) is 4.74 Å². The lowest BCUT2D eigenvalue weighted by atomic mass is 10.1. The van der Waals surface area contributed by atoms with Crippen LogP contribution in [0.25, 0.3) is 0 Å². The largest absolute Gasteiger partial charge is 0.496 e. The smallest absolute Gasteiger partial charge is 0.251 e. The average Bonchev–Trinajstić information content (AvgIpc) is 3.05. The summed E-state index contributed by atoms with van der Waals surface area (Å²) in [5.74, 6) is 1.36. The number of benzene rings is 1. The number of carbonyl (C=O) groups is 1. The zero-order valence-corrected chi connectivity index (χ0v) is 16.1. The highest BCUT2D eigenvalue weighted by molar-refractivity contribution is 5.94. The van der Waals surface area contributed by atoms with E-state index in [4.69, 9.17) is 9.47 Å². The number of hydrogen-bond donors (Lipinski definition) is 1. The van der Waals surface area contributed by atoms with Crippen LogP contribution in [-0.4, -0.2) is 25.2 Å². The maximum absolute atomic E-state index is 12.2. The van der Waals surface area contributed by atoms with Crippen LogP contribution < -0.4 is 10.1 Å². The van der Waals surface area contributed by atoms with Crippen LogP contribution in [0, 0.1) is 0 Å². The second-order valence-electron chi connectivity index (χ2n) is 6.98. The van der Waals surface area contributed by atoms with Gasteiger partial charge in [0.1, 0.15) is 11.5 Å². The van der Waals surface area contributed by atoms with E-state index in [-0.39, 0.29) is 11.9 Å². The predicted molar refractivity (Wildman–Crippen MR) is 106 cm³/mol. The van der Waals surface area contributed by atoms with E-state index in [1.54, 1.807) is 12.1 Å². The normalized spacial score (nSPS) is 16.3. The Morgan fingerprint density at radius 2 is 1.77 bits per heavy atom. The summed E-state index contributed by atoms with van der Waals surface area (Å²) in [6.07, 6.45) is 11.1. The molecule has 1 aromatic carbocycles. The first-order chi connectivity index (χ1) is 12.7. The molecule has 0 aromatic heterocycles. The molecule has 0 saturated carbocycles. The Balaban J connectivity index is 1.60. The van der Waals surface area contributed by atoms with Crippen LogP contribution in [0.2, 0.25) is 0 Å². The molecule has 1 fully saturated rings. The third-order valence-electron chi connectivity index (χ3n) is 4.77. The van der Waals surface area contributed by atoms with Gasteiger partial charge in [-0.1, -0.05) is 58.4 Å². The molecular weight excluding hydrogens is 326 g/mol. The fourth-order valence-corrected chi connectivity index (χ4v) is 3.09. The summed E-state index contributed by atoms with van der Waals surface area (Å²) in [5, 5.41) is 2.94. The Hall–Kier alpha value is -1.97. The Morgan fingerprint density at radius 3 is 2.38 bits per heavy atom. The molecule has 1 atom stereocenters. The fraction of sp³-hybridized carbons (Fsp3) is 0.591. The topological polar surface area (TPSA) is 47.6 Å². The van der Waals surface area contributed by atoms with Gasteiger partial charge in [0, 0.05) is 12.0 Å². The van der Waals surface area contributed by atoms with Gasteiger partial charge in [0.25, 0.3) is 5.91 Å². The first-order valence-corrected chi connectivity index (χ1v) is 10.1. The van der Waals surface area contributed by atoms with E-state index in [0.29, 0.717) is 17.9 Å². The lowest BCUT2D eigenvalue weighted by Gasteiger charge is -2.12. The van der Waals surface area contributed by atoms with E-state index < -0.39 is 0 Å². The highest BCUT2D eigenvalue weighted by atomic mass is 16.5. The molecule has 26 heavy (non-hydrogen) atoms. The average molecular weight is 360 g/mol. The van der Waals surface area contributed by atoms with Gasteiger partial charge in [-0.2, -0.15) is 0 Å². The molecule has 1 aliphatic rings. The van der Waals surface area contributed by atoms with Crippen LogP contribution >= 0.6 is 0 Å². The summed E-state index contributed by atoms with van der Waals surface area (Å²) < 4.78 is 11.1. The minimum absolute atomic E-state index is 0.0830. The van der Waals surface area contributed by atoms with Crippen molar-refractivity contribution >= 4 is 5.91 Å². The number of rotatable bonds is 12. The monoisotopic (exact) mass is 359 g/mol. The van der Waals surface area contributed by atoms with Gasteiger partial charge in [-0.25, -0.2) is 0 Å². The zero-order chi connectivity index (χ0) is 18.6. The summed E-state index contributed by atoms with van der Waals surface area (Å²) >= 11 is 0. The molecule has 1 heterocycles. The summed E-state index contributed by atoms with van der Waals surface area (Å²) in [7, 11) is 0. The first kappa shape index (κ1) is 20.3. The van der Waals surface area contributed by atoms with Crippen molar-refractivity contribution in [3.63, 3.8) is 0 Å². The van der Waals surface area contributed by atoms with Gasteiger partial charge in [0.15, 0.2) is 0 Å².